The van der Waals surface area contributed by atoms with Gasteiger partial charge in [0.05, 0.1) is 0 Å². The van der Waals surface area contributed by atoms with E-state index in [4.69, 9.17) is 0 Å². The molecule has 0 unspecified atom stereocenters. The summed E-state index contributed by atoms with van der Waals surface area (Å²) < 4.78 is 0. The molecule has 1 heteroatoms. The van der Waals surface area contributed by atoms with Crippen LogP contribution in [0.5, 0.6) is 0 Å². The van der Waals surface area contributed by atoms with Crippen LogP contribution in [0.3, 0.4) is 0 Å². The van der Waals surface area contributed by atoms with Gasteiger partial charge < -0.3 is 1.43 Å². The molecule has 0 nitrogen and oxygen atoms in total. The first kappa shape index (κ1) is 9.26. The Hall–Kier alpha value is -0.300. The summed E-state index contributed by atoms with van der Waals surface area (Å²) in [6.07, 6.45) is 2.47. The van der Waals surface area contributed by atoms with Gasteiger partial charge in [-0.15, -0.1) is 0 Å². The zero-order valence-corrected chi connectivity index (χ0v) is 9.88. The van der Waals surface area contributed by atoms with E-state index < -0.39 is 0 Å². The quantitative estimate of drug-likeness (QED) is 0.500. The van der Waals surface area contributed by atoms with Crippen LogP contribution >= 0.6 is 0 Å². The van der Waals surface area contributed by atoms with Crippen LogP contribution in [0.25, 0.3) is 10.8 Å². The van der Waals surface area contributed by atoms with Crippen LogP contribution in [0.1, 0.15) is 12.6 Å². The van der Waals surface area contributed by atoms with Crippen molar-refractivity contribution in [1.29, 1.82) is 0 Å². The van der Waals surface area contributed by atoms with Crippen molar-refractivity contribution in [2.45, 2.75) is 12.8 Å². The first-order valence-electron chi connectivity index (χ1n) is 4.45. The first-order chi connectivity index (χ1) is 5.95. The van der Waals surface area contributed by atoms with Crippen molar-refractivity contribution in [1.82, 2.24) is 0 Å². The number of aryl methyl sites for hydroxylation is 2. The van der Waals surface area contributed by atoms with Gasteiger partial charge in [0.2, 0.25) is 0 Å². The summed E-state index contributed by atoms with van der Waals surface area (Å²) in [7, 11) is 0. The van der Waals surface area contributed by atoms with Crippen LogP contribution in [-0.4, -0.2) is 0 Å². The van der Waals surface area contributed by atoms with Crippen molar-refractivity contribution in [2.75, 3.05) is 0 Å². The van der Waals surface area contributed by atoms with Crippen LogP contribution in [0, 0.1) is 0 Å². The molecule has 0 spiro atoms. The van der Waals surface area contributed by atoms with E-state index >= 15 is 0 Å². The Morgan fingerprint density at radius 3 is 1.92 bits per heavy atom. The molecule has 0 heterocycles. The molecule has 0 saturated carbocycles. The Kier molecular flexibility index (Phi) is 2.46. The van der Waals surface area contributed by atoms with Crippen molar-refractivity contribution < 1.29 is 31.0 Å². The second-order valence-corrected chi connectivity index (χ2v) is 3.43. The Morgan fingerprint density at radius 1 is 0.846 bits per heavy atom. The van der Waals surface area contributed by atoms with Gasteiger partial charge in [-0.3, -0.25) is 0 Å². The molecule has 0 radical (unpaired) electrons. The second-order valence-electron chi connectivity index (χ2n) is 3.43. The van der Waals surface area contributed by atoms with E-state index in [9.17, 15) is 0 Å². The molecule has 2 aromatic rings. The number of hydrogen-bond acceptors (Lipinski definition) is 0. The predicted molar refractivity (Wildman–Crippen MR) is 52.5 cm³/mol. The fourth-order valence-corrected chi connectivity index (χ4v) is 2.19. The van der Waals surface area contributed by atoms with Crippen molar-refractivity contribution >= 4 is 10.8 Å². The minimum atomic E-state index is 0. The predicted octanol–water partition coefficient (Wildman–Crippen LogP) is 0.0549. The Balaban J connectivity index is 0.000000490. The molecule has 60 valence electrons. The normalized spacial score (nSPS) is 12.9. The molecule has 0 bridgehead atoms. The van der Waals surface area contributed by atoms with Crippen molar-refractivity contribution in [3.8, 4) is 0 Å². The van der Waals surface area contributed by atoms with E-state index in [1.807, 2.05) is 0 Å². The standard InChI is InChI=1S/C12H10.Na.H/c1-3-9-4-2-6-11-8-7-10(5-1)12(9)11;;/h1-6H,7-8H2;;/q;+1;-1. The largest absolute Gasteiger partial charge is 1.00 e. The van der Waals surface area contributed by atoms with Crippen LogP contribution < -0.4 is 29.6 Å². The number of rotatable bonds is 0. The fraction of sp³-hybridized carbons (Fsp3) is 0.167. The van der Waals surface area contributed by atoms with Crippen molar-refractivity contribution in [3.63, 3.8) is 0 Å². The number of hydrogen-bond donors (Lipinski definition) is 0. The van der Waals surface area contributed by atoms with E-state index in [2.05, 4.69) is 36.4 Å². The molecule has 0 fully saturated rings. The minimum Gasteiger partial charge on any atom is -1.00 e. The summed E-state index contributed by atoms with van der Waals surface area (Å²) in [5.74, 6) is 0. The summed E-state index contributed by atoms with van der Waals surface area (Å²) >= 11 is 0. The molecule has 0 aliphatic heterocycles. The molecule has 0 saturated heterocycles. The van der Waals surface area contributed by atoms with Gasteiger partial charge >= 0.3 is 29.6 Å². The third kappa shape index (κ3) is 1.34. The second kappa shape index (κ2) is 3.45. The monoisotopic (exact) mass is 178 g/mol. The zero-order chi connectivity index (χ0) is 7.97. The molecular weight excluding hydrogens is 167 g/mol. The van der Waals surface area contributed by atoms with Gasteiger partial charge in [0, 0.05) is 0 Å². The maximum atomic E-state index is 2.25. The average molecular weight is 178 g/mol. The summed E-state index contributed by atoms with van der Waals surface area (Å²) in [6.45, 7) is 0. The molecule has 3 rings (SSSR count). The van der Waals surface area contributed by atoms with E-state index in [1.54, 1.807) is 0 Å². The van der Waals surface area contributed by atoms with Crippen LogP contribution in [0.15, 0.2) is 36.4 Å². The molecule has 1 aliphatic rings. The molecule has 0 atom stereocenters. The Labute approximate surface area is 102 Å². The van der Waals surface area contributed by atoms with Crippen LogP contribution in [0.4, 0.5) is 0 Å². The molecule has 13 heavy (non-hydrogen) atoms. The minimum absolute atomic E-state index is 0. The molecular formula is C12H11Na. The van der Waals surface area contributed by atoms with Crippen molar-refractivity contribution in [3.05, 3.63) is 47.5 Å². The summed E-state index contributed by atoms with van der Waals surface area (Å²) in [5.41, 5.74) is 3.06. The molecule has 2 aromatic carbocycles. The average Bonchev–Trinajstić information content (AvgIpc) is 2.52. The Bertz CT molecular complexity index is 412. The van der Waals surface area contributed by atoms with Gasteiger partial charge in [0.15, 0.2) is 0 Å². The first-order valence-corrected chi connectivity index (χ1v) is 4.45. The van der Waals surface area contributed by atoms with E-state index in [1.165, 1.54) is 34.7 Å². The van der Waals surface area contributed by atoms with E-state index in [-0.39, 0.29) is 31.0 Å². The van der Waals surface area contributed by atoms with Crippen LogP contribution in [0.2, 0.25) is 0 Å². The Morgan fingerprint density at radius 2 is 1.38 bits per heavy atom. The van der Waals surface area contributed by atoms with E-state index in [0.29, 0.717) is 0 Å². The number of benzene rings is 2. The topological polar surface area (TPSA) is 0 Å². The molecule has 0 aromatic heterocycles. The maximum Gasteiger partial charge on any atom is 1.00 e. The third-order valence-corrected chi connectivity index (χ3v) is 2.74. The van der Waals surface area contributed by atoms with Gasteiger partial charge in [-0.25, -0.2) is 0 Å². The van der Waals surface area contributed by atoms with Crippen molar-refractivity contribution in [2.24, 2.45) is 0 Å². The molecule has 0 amide bonds. The fourth-order valence-electron chi connectivity index (χ4n) is 2.19. The van der Waals surface area contributed by atoms with Gasteiger partial charge in [0.1, 0.15) is 0 Å². The summed E-state index contributed by atoms with van der Waals surface area (Å²) in [6, 6.07) is 13.2. The smallest absolute Gasteiger partial charge is 1.00 e. The third-order valence-electron chi connectivity index (χ3n) is 2.74. The van der Waals surface area contributed by atoms with E-state index in [0.717, 1.165) is 0 Å². The molecule has 1 aliphatic carbocycles. The summed E-state index contributed by atoms with van der Waals surface area (Å²) in [4.78, 5) is 0. The van der Waals surface area contributed by atoms with Gasteiger partial charge in [-0.2, -0.15) is 0 Å². The van der Waals surface area contributed by atoms with Gasteiger partial charge in [0.25, 0.3) is 0 Å². The SMILES string of the molecule is [H-].[Na+].c1cc2c3c(cccc3c1)CC2. The van der Waals surface area contributed by atoms with Crippen LogP contribution in [-0.2, 0) is 12.8 Å². The van der Waals surface area contributed by atoms with Gasteiger partial charge in [-0.05, 0) is 34.7 Å². The zero-order valence-electron chi connectivity index (χ0n) is 8.88. The summed E-state index contributed by atoms with van der Waals surface area (Å²) in [5, 5.41) is 2.92. The van der Waals surface area contributed by atoms with Gasteiger partial charge in [-0.1, -0.05) is 36.4 Å². The maximum absolute atomic E-state index is 2.25. The molecule has 0 N–H and O–H groups in total.